The number of hydrogen-bond donors (Lipinski definition) is 2. The molecular formula is C19H14BrFN4O. The zero-order valence-corrected chi connectivity index (χ0v) is 15.1. The van der Waals surface area contributed by atoms with Gasteiger partial charge in [0.15, 0.2) is 0 Å². The number of allylic oxidation sites excluding steroid dienone is 1. The standard InChI is InChI=1S/C19H14BrFN4O/c20-15(10-13-4-2-1-3-5-13)12-22-25-19(26)18-11-17(23-24-18)14-6-8-16(21)9-7-14/h1-12H,(H,23,24)(H,25,26)/b15-10-,22-12-. The summed E-state index contributed by atoms with van der Waals surface area (Å²) in [4.78, 5) is 12.1. The number of halogens is 2. The molecule has 0 aliphatic carbocycles. The number of amides is 1. The molecule has 2 aromatic carbocycles. The van der Waals surface area contributed by atoms with Gasteiger partial charge in [0, 0.05) is 10.0 Å². The predicted molar refractivity (Wildman–Crippen MR) is 103 cm³/mol. The molecule has 1 heterocycles. The van der Waals surface area contributed by atoms with Crippen LogP contribution in [0.4, 0.5) is 4.39 Å². The molecule has 0 aliphatic heterocycles. The third-order valence-electron chi connectivity index (χ3n) is 3.42. The first kappa shape index (κ1) is 17.8. The van der Waals surface area contributed by atoms with Crippen LogP contribution in [0.2, 0.25) is 0 Å². The van der Waals surface area contributed by atoms with Crippen LogP contribution in [0.15, 0.2) is 70.2 Å². The number of rotatable bonds is 5. The van der Waals surface area contributed by atoms with Crippen LogP contribution in [0.1, 0.15) is 16.1 Å². The maximum absolute atomic E-state index is 13.0. The second-order valence-electron chi connectivity index (χ2n) is 5.31. The quantitative estimate of drug-likeness (QED) is 0.482. The zero-order valence-electron chi connectivity index (χ0n) is 13.5. The minimum atomic E-state index is -0.429. The molecule has 130 valence electrons. The number of H-pyrrole nitrogens is 1. The van der Waals surface area contributed by atoms with E-state index in [0.29, 0.717) is 15.7 Å². The third kappa shape index (κ3) is 4.73. The summed E-state index contributed by atoms with van der Waals surface area (Å²) >= 11 is 3.37. The summed E-state index contributed by atoms with van der Waals surface area (Å²) in [5, 5.41) is 10.6. The molecule has 2 N–H and O–H groups in total. The second kappa shape index (κ2) is 8.35. The van der Waals surface area contributed by atoms with Gasteiger partial charge >= 0.3 is 0 Å². The van der Waals surface area contributed by atoms with Gasteiger partial charge in [-0.1, -0.05) is 30.3 Å². The van der Waals surface area contributed by atoms with E-state index in [-0.39, 0.29) is 11.5 Å². The smallest absolute Gasteiger partial charge is 0.272 e. The molecule has 0 aliphatic rings. The van der Waals surface area contributed by atoms with Gasteiger partial charge in [0.25, 0.3) is 5.91 Å². The highest BCUT2D eigenvalue weighted by Crippen LogP contribution is 2.18. The molecular weight excluding hydrogens is 399 g/mol. The number of hydrogen-bond acceptors (Lipinski definition) is 3. The van der Waals surface area contributed by atoms with Crippen LogP contribution < -0.4 is 5.43 Å². The summed E-state index contributed by atoms with van der Waals surface area (Å²) in [7, 11) is 0. The molecule has 0 unspecified atom stereocenters. The molecule has 5 nitrogen and oxygen atoms in total. The van der Waals surface area contributed by atoms with Gasteiger partial charge in [-0.05, 0) is 57.9 Å². The lowest BCUT2D eigenvalue weighted by Gasteiger charge is -1.96. The summed E-state index contributed by atoms with van der Waals surface area (Å²) in [5.41, 5.74) is 4.93. The lowest BCUT2D eigenvalue weighted by atomic mass is 10.1. The fraction of sp³-hybridized carbons (Fsp3) is 0. The summed E-state index contributed by atoms with van der Waals surface area (Å²) in [6.45, 7) is 0. The molecule has 0 spiro atoms. The van der Waals surface area contributed by atoms with Crippen LogP contribution >= 0.6 is 15.9 Å². The van der Waals surface area contributed by atoms with E-state index >= 15 is 0 Å². The number of hydrazone groups is 1. The van der Waals surface area contributed by atoms with Crippen molar-refractivity contribution < 1.29 is 9.18 Å². The number of aromatic amines is 1. The van der Waals surface area contributed by atoms with Crippen LogP contribution in [0.3, 0.4) is 0 Å². The predicted octanol–water partition coefficient (Wildman–Crippen LogP) is 4.37. The van der Waals surface area contributed by atoms with Crippen LogP contribution in [0.5, 0.6) is 0 Å². The monoisotopic (exact) mass is 412 g/mol. The lowest BCUT2D eigenvalue weighted by molar-refractivity contribution is 0.0950. The van der Waals surface area contributed by atoms with E-state index in [4.69, 9.17) is 0 Å². The molecule has 3 aromatic rings. The summed E-state index contributed by atoms with van der Waals surface area (Å²) in [6, 6.07) is 17.1. The highest BCUT2D eigenvalue weighted by Gasteiger charge is 2.10. The topological polar surface area (TPSA) is 70.1 Å². The normalized spacial score (nSPS) is 11.7. The van der Waals surface area contributed by atoms with E-state index in [1.807, 2.05) is 36.4 Å². The average Bonchev–Trinajstić information content (AvgIpc) is 3.13. The molecule has 0 radical (unpaired) electrons. The summed E-state index contributed by atoms with van der Waals surface area (Å²) in [6.07, 6.45) is 3.36. The molecule has 0 fully saturated rings. The van der Waals surface area contributed by atoms with E-state index < -0.39 is 5.91 Å². The van der Waals surface area contributed by atoms with Crippen molar-refractivity contribution >= 4 is 34.1 Å². The van der Waals surface area contributed by atoms with Crippen LogP contribution in [0.25, 0.3) is 17.3 Å². The van der Waals surface area contributed by atoms with Crippen molar-refractivity contribution in [1.82, 2.24) is 15.6 Å². The fourth-order valence-electron chi connectivity index (χ4n) is 2.17. The Morgan fingerprint density at radius 3 is 2.62 bits per heavy atom. The number of benzene rings is 2. The van der Waals surface area contributed by atoms with E-state index in [9.17, 15) is 9.18 Å². The Morgan fingerprint density at radius 2 is 1.88 bits per heavy atom. The Labute approximate surface area is 157 Å². The Kier molecular flexibility index (Phi) is 5.70. The van der Waals surface area contributed by atoms with Crippen LogP contribution in [0, 0.1) is 5.82 Å². The number of carbonyl (C=O) groups is 1. The molecule has 0 bridgehead atoms. The number of nitrogens with one attached hydrogen (secondary N) is 2. The number of nitrogens with zero attached hydrogens (tertiary/aromatic N) is 2. The van der Waals surface area contributed by atoms with Crippen molar-refractivity contribution in [1.29, 1.82) is 0 Å². The van der Waals surface area contributed by atoms with E-state index in [0.717, 1.165) is 5.56 Å². The van der Waals surface area contributed by atoms with Crippen molar-refractivity contribution in [3.63, 3.8) is 0 Å². The Bertz CT molecular complexity index is 949. The lowest BCUT2D eigenvalue weighted by Crippen LogP contribution is -2.17. The molecule has 26 heavy (non-hydrogen) atoms. The zero-order chi connectivity index (χ0) is 18.4. The number of carbonyl (C=O) groups excluding carboxylic acids is 1. The fourth-order valence-corrected chi connectivity index (χ4v) is 2.53. The molecule has 7 heteroatoms. The van der Waals surface area contributed by atoms with Crippen molar-refractivity contribution in [2.45, 2.75) is 0 Å². The first-order chi connectivity index (χ1) is 12.6. The Hall–Kier alpha value is -3.06. The molecule has 1 aromatic heterocycles. The van der Waals surface area contributed by atoms with Crippen molar-refractivity contribution in [3.8, 4) is 11.3 Å². The first-order valence-electron chi connectivity index (χ1n) is 7.69. The van der Waals surface area contributed by atoms with E-state index in [1.165, 1.54) is 18.3 Å². The van der Waals surface area contributed by atoms with Gasteiger partial charge < -0.3 is 0 Å². The van der Waals surface area contributed by atoms with Gasteiger partial charge in [-0.25, -0.2) is 9.82 Å². The SMILES string of the molecule is O=C(N/N=C\C(Br)=C\c1ccccc1)c1cc(-c2ccc(F)cc2)n[nH]1. The minimum absolute atomic E-state index is 0.254. The second-order valence-corrected chi connectivity index (χ2v) is 6.23. The summed E-state index contributed by atoms with van der Waals surface area (Å²) < 4.78 is 13.7. The van der Waals surface area contributed by atoms with Gasteiger partial charge in [0.2, 0.25) is 0 Å². The van der Waals surface area contributed by atoms with Crippen molar-refractivity contribution in [2.24, 2.45) is 5.10 Å². The van der Waals surface area contributed by atoms with E-state index in [2.05, 4.69) is 36.7 Å². The molecule has 0 saturated carbocycles. The first-order valence-corrected chi connectivity index (χ1v) is 8.48. The highest BCUT2D eigenvalue weighted by molar-refractivity contribution is 9.12. The van der Waals surface area contributed by atoms with Crippen molar-refractivity contribution in [2.75, 3.05) is 0 Å². The third-order valence-corrected chi connectivity index (χ3v) is 3.85. The number of aromatic nitrogens is 2. The Morgan fingerprint density at radius 1 is 1.15 bits per heavy atom. The minimum Gasteiger partial charge on any atom is -0.272 e. The van der Waals surface area contributed by atoms with Gasteiger partial charge in [-0.15, -0.1) is 0 Å². The van der Waals surface area contributed by atoms with Crippen LogP contribution in [-0.2, 0) is 0 Å². The van der Waals surface area contributed by atoms with E-state index in [1.54, 1.807) is 18.2 Å². The average molecular weight is 413 g/mol. The maximum Gasteiger partial charge on any atom is 0.289 e. The maximum atomic E-state index is 13.0. The molecule has 3 rings (SSSR count). The largest absolute Gasteiger partial charge is 0.289 e. The van der Waals surface area contributed by atoms with Gasteiger partial charge in [0.1, 0.15) is 11.5 Å². The van der Waals surface area contributed by atoms with Crippen molar-refractivity contribution in [3.05, 3.63) is 82.2 Å². The van der Waals surface area contributed by atoms with Crippen LogP contribution in [-0.4, -0.2) is 22.3 Å². The molecule has 1 amide bonds. The molecule has 0 saturated heterocycles. The summed E-state index contributed by atoms with van der Waals surface area (Å²) in [5.74, 6) is -0.757. The van der Waals surface area contributed by atoms with Gasteiger partial charge in [0.05, 0.1) is 11.9 Å². The van der Waals surface area contributed by atoms with Gasteiger partial charge in [-0.3, -0.25) is 9.89 Å². The van der Waals surface area contributed by atoms with Gasteiger partial charge in [-0.2, -0.15) is 10.2 Å². The molecule has 0 atom stereocenters. The highest BCUT2D eigenvalue weighted by atomic mass is 79.9. The Balaban J connectivity index is 1.62.